The molecular formula is C17H16N4O3. The molecule has 0 radical (unpaired) electrons. The van der Waals surface area contributed by atoms with Gasteiger partial charge in [-0.05, 0) is 25.0 Å². The second kappa shape index (κ2) is 6.99. The van der Waals surface area contributed by atoms with Gasteiger partial charge in [0.05, 0.1) is 4.92 Å². The number of anilines is 1. The fourth-order valence-corrected chi connectivity index (χ4v) is 2.54. The molecule has 1 aliphatic heterocycles. The zero-order valence-electron chi connectivity index (χ0n) is 13.0. The van der Waals surface area contributed by atoms with Gasteiger partial charge < -0.3 is 4.90 Å². The third kappa shape index (κ3) is 3.62. The van der Waals surface area contributed by atoms with E-state index in [0.29, 0.717) is 11.5 Å². The maximum Gasteiger partial charge on any atom is 0.270 e. The standard InChI is InChI=1S/C17H16N4O3/c22-16(14-4-3-5-15(10-14)21(23)24)7-6-13-11-18-17(19-12-13)20-8-1-2-9-20/h3-7,10-12H,1-2,8-9H2/b7-6+. The van der Waals surface area contributed by atoms with E-state index < -0.39 is 4.92 Å². The van der Waals surface area contributed by atoms with Crippen molar-refractivity contribution in [2.45, 2.75) is 12.8 Å². The zero-order valence-corrected chi connectivity index (χ0v) is 13.0. The van der Waals surface area contributed by atoms with E-state index in [9.17, 15) is 14.9 Å². The van der Waals surface area contributed by atoms with Crippen LogP contribution in [0.3, 0.4) is 0 Å². The Hall–Kier alpha value is -3.09. The lowest BCUT2D eigenvalue weighted by molar-refractivity contribution is -0.384. The number of aromatic nitrogens is 2. The van der Waals surface area contributed by atoms with E-state index in [4.69, 9.17) is 0 Å². The van der Waals surface area contributed by atoms with Crippen molar-refractivity contribution in [3.63, 3.8) is 0 Å². The minimum Gasteiger partial charge on any atom is -0.341 e. The Kier molecular flexibility index (Phi) is 4.60. The Balaban J connectivity index is 1.69. The lowest BCUT2D eigenvalue weighted by Gasteiger charge is -2.14. The number of nitrogens with zero attached hydrogens (tertiary/aromatic N) is 4. The van der Waals surface area contributed by atoms with Gasteiger partial charge in [0, 0.05) is 48.7 Å². The quantitative estimate of drug-likeness (QED) is 0.363. The molecule has 1 aromatic carbocycles. The van der Waals surface area contributed by atoms with Gasteiger partial charge in [-0.15, -0.1) is 0 Å². The van der Waals surface area contributed by atoms with Crippen LogP contribution in [0, 0.1) is 10.1 Å². The second-order valence-electron chi connectivity index (χ2n) is 5.52. The van der Waals surface area contributed by atoms with Crippen molar-refractivity contribution in [1.82, 2.24) is 9.97 Å². The second-order valence-corrected chi connectivity index (χ2v) is 5.52. The highest BCUT2D eigenvalue weighted by atomic mass is 16.6. The van der Waals surface area contributed by atoms with E-state index in [0.717, 1.165) is 25.9 Å². The number of rotatable bonds is 5. The summed E-state index contributed by atoms with van der Waals surface area (Å²) in [6.45, 7) is 1.95. The number of non-ortho nitro benzene ring substituents is 1. The predicted octanol–water partition coefficient (Wildman–Crippen LogP) is 2.88. The van der Waals surface area contributed by atoms with Crippen LogP contribution in [-0.2, 0) is 0 Å². The van der Waals surface area contributed by atoms with Gasteiger partial charge in [0.15, 0.2) is 5.78 Å². The lowest BCUT2D eigenvalue weighted by Crippen LogP contribution is -2.20. The van der Waals surface area contributed by atoms with Gasteiger partial charge in [-0.2, -0.15) is 0 Å². The summed E-state index contributed by atoms with van der Waals surface area (Å²) in [5.74, 6) is 0.400. The fraction of sp³-hybridized carbons (Fsp3) is 0.235. The predicted molar refractivity (Wildman–Crippen MR) is 89.9 cm³/mol. The van der Waals surface area contributed by atoms with Crippen molar-refractivity contribution in [3.8, 4) is 0 Å². The minimum absolute atomic E-state index is 0.104. The van der Waals surface area contributed by atoms with E-state index in [-0.39, 0.29) is 17.0 Å². The van der Waals surface area contributed by atoms with Crippen molar-refractivity contribution >= 4 is 23.5 Å². The largest absolute Gasteiger partial charge is 0.341 e. The minimum atomic E-state index is -0.522. The third-order valence-electron chi connectivity index (χ3n) is 3.82. The summed E-state index contributed by atoms with van der Waals surface area (Å²) in [6, 6.07) is 5.66. The summed E-state index contributed by atoms with van der Waals surface area (Å²) in [5.41, 5.74) is 0.874. The maximum absolute atomic E-state index is 12.1. The Morgan fingerprint density at radius 1 is 1.21 bits per heavy atom. The SMILES string of the molecule is O=C(/C=C/c1cnc(N2CCCC2)nc1)c1cccc([N+](=O)[O-])c1. The van der Waals surface area contributed by atoms with Crippen LogP contribution >= 0.6 is 0 Å². The van der Waals surface area contributed by atoms with Crippen molar-refractivity contribution in [1.29, 1.82) is 0 Å². The van der Waals surface area contributed by atoms with Crippen LogP contribution in [0.2, 0.25) is 0 Å². The molecule has 1 saturated heterocycles. The molecule has 0 bridgehead atoms. The van der Waals surface area contributed by atoms with Gasteiger partial charge in [0.1, 0.15) is 0 Å². The Bertz CT molecular complexity index is 781. The average Bonchev–Trinajstić information content (AvgIpc) is 3.15. The molecule has 0 atom stereocenters. The summed E-state index contributed by atoms with van der Waals surface area (Å²) in [6.07, 6.45) is 8.61. The number of carbonyl (C=O) groups excluding carboxylic acids is 1. The highest BCUT2D eigenvalue weighted by Gasteiger charge is 2.14. The van der Waals surface area contributed by atoms with Gasteiger partial charge in [-0.1, -0.05) is 12.1 Å². The van der Waals surface area contributed by atoms with Crippen LogP contribution in [0.25, 0.3) is 6.08 Å². The molecule has 0 unspecified atom stereocenters. The van der Waals surface area contributed by atoms with Gasteiger partial charge in [0.2, 0.25) is 5.95 Å². The molecular weight excluding hydrogens is 308 g/mol. The van der Waals surface area contributed by atoms with Gasteiger partial charge in [-0.3, -0.25) is 14.9 Å². The number of nitro groups is 1. The number of carbonyl (C=O) groups is 1. The van der Waals surface area contributed by atoms with E-state index >= 15 is 0 Å². The van der Waals surface area contributed by atoms with Crippen LogP contribution in [0.4, 0.5) is 11.6 Å². The van der Waals surface area contributed by atoms with Gasteiger partial charge in [0.25, 0.3) is 5.69 Å². The van der Waals surface area contributed by atoms with E-state index in [1.807, 2.05) is 0 Å². The lowest BCUT2D eigenvalue weighted by atomic mass is 10.1. The summed E-state index contributed by atoms with van der Waals surface area (Å²) < 4.78 is 0. The summed E-state index contributed by atoms with van der Waals surface area (Å²) in [4.78, 5) is 33.1. The number of nitro benzene ring substituents is 1. The molecule has 0 amide bonds. The molecule has 0 N–H and O–H groups in total. The molecule has 0 aliphatic carbocycles. The Morgan fingerprint density at radius 2 is 1.92 bits per heavy atom. The Labute approximate surface area is 138 Å². The number of hydrogen-bond donors (Lipinski definition) is 0. The van der Waals surface area contributed by atoms with Crippen molar-refractivity contribution in [2.75, 3.05) is 18.0 Å². The molecule has 7 nitrogen and oxygen atoms in total. The molecule has 1 fully saturated rings. The summed E-state index contributed by atoms with van der Waals surface area (Å²) in [5, 5.41) is 10.8. The number of benzene rings is 1. The van der Waals surface area contributed by atoms with Crippen molar-refractivity contribution in [2.24, 2.45) is 0 Å². The van der Waals surface area contributed by atoms with Crippen molar-refractivity contribution < 1.29 is 9.72 Å². The molecule has 1 aromatic heterocycles. The monoisotopic (exact) mass is 324 g/mol. The molecule has 0 saturated carbocycles. The van der Waals surface area contributed by atoms with Crippen LogP contribution in [0.5, 0.6) is 0 Å². The molecule has 1 aliphatic rings. The van der Waals surface area contributed by atoms with Crippen molar-refractivity contribution in [3.05, 3.63) is 64.0 Å². The molecule has 7 heteroatoms. The van der Waals surface area contributed by atoms with Crippen LogP contribution in [0.1, 0.15) is 28.8 Å². The molecule has 122 valence electrons. The molecule has 2 heterocycles. The topological polar surface area (TPSA) is 89.2 Å². The van der Waals surface area contributed by atoms with Gasteiger partial charge >= 0.3 is 0 Å². The number of hydrogen-bond acceptors (Lipinski definition) is 6. The highest BCUT2D eigenvalue weighted by molar-refractivity contribution is 6.07. The third-order valence-corrected chi connectivity index (χ3v) is 3.82. The number of ketones is 1. The first-order valence-electron chi connectivity index (χ1n) is 7.67. The average molecular weight is 324 g/mol. The van der Waals surface area contributed by atoms with Crippen LogP contribution < -0.4 is 4.90 Å². The van der Waals surface area contributed by atoms with E-state index in [1.165, 1.54) is 24.3 Å². The first-order chi connectivity index (χ1) is 11.6. The van der Waals surface area contributed by atoms with Gasteiger partial charge in [-0.25, -0.2) is 9.97 Å². The zero-order chi connectivity index (χ0) is 16.9. The van der Waals surface area contributed by atoms with Crippen LogP contribution in [-0.4, -0.2) is 33.8 Å². The smallest absolute Gasteiger partial charge is 0.270 e. The summed E-state index contributed by atoms with van der Waals surface area (Å²) in [7, 11) is 0. The normalized spacial score (nSPS) is 14.2. The molecule has 3 rings (SSSR count). The first kappa shape index (κ1) is 15.8. The molecule has 0 spiro atoms. The summed E-state index contributed by atoms with van der Waals surface area (Å²) >= 11 is 0. The molecule has 24 heavy (non-hydrogen) atoms. The fourth-order valence-electron chi connectivity index (χ4n) is 2.54. The first-order valence-corrected chi connectivity index (χ1v) is 7.67. The maximum atomic E-state index is 12.1. The number of allylic oxidation sites excluding steroid dienone is 1. The molecule has 2 aromatic rings. The highest BCUT2D eigenvalue weighted by Crippen LogP contribution is 2.16. The van der Waals surface area contributed by atoms with Crippen LogP contribution in [0.15, 0.2) is 42.7 Å². The van der Waals surface area contributed by atoms with E-state index in [1.54, 1.807) is 24.5 Å². The Morgan fingerprint density at radius 3 is 2.58 bits per heavy atom. The van der Waals surface area contributed by atoms with E-state index in [2.05, 4.69) is 14.9 Å².